The van der Waals surface area contributed by atoms with Crippen molar-refractivity contribution in [2.24, 2.45) is 11.1 Å². The maximum atomic E-state index is 12.4. The molecule has 21 heavy (non-hydrogen) atoms. The number of thiazole rings is 1. The molecule has 0 bridgehead atoms. The van der Waals surface area contributed by atoms with Crippen LogP contribution in [-0.2, 0) is 11.3 Å². The molecule has 1 amide bonds. The molecule has 2 rings (SSSR count). The summed E-state index contributed by atoms with van der Waals surface area (Å²) >= 11 is 1.69. The second-order valence-corrected chi connectivity index (χ2v) is 7.87. The molecule has 1 saturated heterocycles. The Hall–Kier alpha value is -0.980. The number of nitrogens with zero attached hydrogens (tertiary/aromatic N) is 3. The molecular weight excluding hydrogens is 284 g/mol. The first-order valence-electron chi connectivity index (χ1n) is 7.45. The second kappa shape index (κ2) is 6.42. The van der Waals surface area contributed by atoms with Crippen LogP contribution in [0.15, 0.2) is 5.38 Å². The summed E-state index contributed by atoms with van der Waals surface area (Å²) in [4.78, 5) is 21.1. The van der Waals surface area contributed by atoms with Crippen LogP contribution in [0.4, 0.5) is 0 Å². The van der Waals surface area contributed by atoms with Crippen molar-refractivity contribution in [1.29, 1.82) is 0 Å². The highest BCUT2D eigenvalue weighted by Crippen LogP contribution is 2.20. The molecular formula is C15H26N4OS. The van der Waals surface area contributed by atoms with Crippen LogP contribution >= 0.6 is 11.3 Å². The third-order valence-corrected chi connectivity index (χ3v) is 4.76. The standard InChI is InChI=1S/C15H26N4OS/c1-11-17-12(10-21-11)9-18-5-7-19(8-6-18)14(20)13(16)15(2,3)4/h10,13H,5-9,16H2,1-4H3/t13-/m0/s1. The summed E-state index contributed by atoms with van der Waals surface area (Å²) in [6.07, 6.45) is 0. The highest BCUT2D eigenvalue weighted by atomic mass is 32.1. The first-order chi connectivity index (χ1) is 9.77. The Labute approximate surface area is 131 Å². The van der Waals surface area contributed by atoms with Gasteiger partial charge in [0, 0.05) is 38.1 Å². The van der Waals surface area contributed by atoms with E-state index in [9.17, 15) is 4.79 Å². The number of aromatic nitrogens is 1. The van der Waals surface area contributed by atoms with Gasteiger partial charge in [0.2, 0.25) is 5.91 Å². The maximum Gasteiger partial charge on any atom is 0.240 e. The maximum absolute atomic E-state index is 12.4. The molecule has 1 aromatic heterocycles. The first kappa shape index (κ1) is 16.4. The number of carbonyl (C=O) groups is 1. The minimum absolute atomic E-state index is 0.0756. The molecule has 5 nitrogen and oxygen atoms in total. The van der Waals surface area contributed by atoms with E-state index in [1.54, 1.807) is 11.3 Å². The summed E-state index contributed by atoms with van der Waals surface area (Å²) in [5.41, 5.74) is 7.01. The summed E-state index contributed by atoms with van der Waals surface area (Å²) in [5, 5.41) is 3.22. The largest absolute Gasteiger partial charge is 0.339 e. The number of hydrogen-bond acceptors (Lipinski definition) is 5. The van der Waals surface area contributed by atoms with Crippen LogP contribution in [0.5, 0.6) is 0 Å². The Morgan fingerprint density at radius 3 is 2.48 bits per heavy atom. The van der Waals surface area contributed by atoms with Crippen molar-refractivity contribution in [3.05, 3.63) is 16.1 Å². The van der Waals surface area contributed by atoms with E-state index in [0.717, 1.165) is 43.4 Å². The van der Waals surface area contributed by atoms with Gasteiger partial charge in [0.15, 0.2) is 0 Å². The summed E-state index contributed by atoms with van der Waals surface area (Å²) in [6, 6.07) is -0.426. The molecule has 0 spiro atoms. The number of aryl methyl sites for hydroxylation is 1. The number of rotatable bonds is 3. The number of piperazine rings is 1. The van der Waals surface area contributed by atoms with Gasteiger partial charge < -0.3 is 10.6 Å². The summed E-state index contributed by atoms with van der Waals surface area (Å²) in [5.74, 6) is 0.0756. The molecule has 1 aromatic rings. The van der Waals surface area contributed by atoms with Crippen LogP contribution in [0, 0.1) is 12.3 Å². The average molecular weight is 310 g/mol. The van der Waals surface area contributed by atoms with Crippen molar-refractivity contribution in [1.82, 2.24) is 14.8 Å². The van der Waals surface area contributed by atoms with Gasteiger partial charge in [-0.05, 0) is 12.3 Å². The lowest BCUT2D eigenvalue weighted by molar-refractivity contribution is -0.136. The van der Waals surface area contributed by atoms with Gasteiger partial charge in [-0.25, -0.2) is 4.98 Å². The zero-order valence-electron chi connectivity index (χ0n) is 13.4. The van der Waals surface area contributed by atoms with Gasteiger partial charge in [0.1, 0.15) is 0 Å². The van der Waals surface area contributed by atoms with Gasteiger partial charge in [-0.15, -0.1) is 11.3 Å². The molecule has 1 aliphatic heterocycles. The smallest absolute Gasteiger partial charge is 0.240 e. The van der Waals surface area contributed by atoms with Crippen LogP contribution < -0.4 is 5.73 Å². The predicted molar refractivity (Wildman–Crippen MR) is 86.1 cm³/mol. The fraction of sp³-hybridized carbons (Fsp3) is 0.733. The Balaban J connectivity index is 1.84. The van der Waals surface area contributed by atoms with Crippen molar-refractivity contribution >= 4 is 17.2 Å². The summed E-state index contributed by atoms with van der Waals surface area (Å²) in [6.45, 7) is 12.2. The number of nitrogens with two attached hydrogens (primary N) is 1. The highest BCUT2D eigenvalue weighted by molar-refractivity contribution is 7.09. The minimum atomic E-state index is -0.426. The molecule has 0 aliphatic carbocycles. The molecule has 1 aliphatic rings. The molecule has 118 valence electrons. The number of carbonyl (C=O) groups excluding carboxylic acids is 1. The molecule has 2 heterocycles. The molecule has 2 N–H and O–H groups in total. The number of hydrogen-bond donors (Lipinski definition) is 1. The average Bonchev–Trinajstić information content (AvgIpc) is 2.82. The van der Waals surface area contributed by atoms with Crippen LogP contribution in [0.1, 0.15) is 31.5 Å². The topological polar surface area (TPSA) is 62.5 Å². The second-order valence-electron chi connectivity index (χ2n) is 6.80. The Kier molecular flexibility index (Phi) is 5.01. The van der Waals surface area contributed by atoms with E-state index in [1.807, 2.05) is 32.6 Å². The number of amides is 1. The highest BCUT2D eigenvalue weighted by Gasteiger charge is 2.32. The van der Waals surface area contributed by atoms with Gasteiger partial charge in [0.05, 0.1) is 16.7 Å². The molecule has 0 unspecified atom stereocenters. The molecule has 1 atom stereocenters. The third kappa shape index (κ3) is 4.25. The van der Waals surface area contributed by atoms with Crippen molar-refractivity contribution < 1.29 is 4.79 Å². The zero-order chi connectivity index (χ0) is 15.6. The molecule has 0 saturated carbocycles. The van der Waals surface area contributed by atoms with Crippen molar-refractivity contribution in [2.45, 2.75) is 40.3 Å². The predicted octanol–water partition coefficient (Wildman–Crippen LogP) is 1.47. The van der Waals surface area contributed by atoms with Gasteiger partial charge in [-0.3, -0.25) is 9.69 Å². The van der Waals surface area contributed by atoms with Gasteiger partial charge in [-0.2, -0.15) is 0 Å². The monoisotopic (exact) mass is 310 g/mol. The minimum Gasteiger partial charge on any atom is -0.339 e. The fourth-order valence-corrected chi connectivity index (χ4v) is 3.01. The van der Waals surface area contributed by atoms with Crippen molar-refractivity contribution in [2.75, 3.05) is 26.2 Å². The van der Waals surface area contributed by atoms with Gasteiger partial charge >= 0.3 is 0 Å². The van der Waals surface area contributed by atoms with Crippen LogP contribution in [0.25, 0.3) is 0 Å². The lowest BCUT2D eigenvalue weighted by Gasteiger charge is -2.38. The van der Waals surface area contributed by atoms with Crippen LogP contribution in [-0.4, -0.2) is 52.9 Å². The van der Waals surface area contributed by atoms with Crippen LogP contribution in [0.3, 0.4) is 0 Å². The molecule has 0 radical (unpaired) electrons. The van der Waals surface area contributed by atoms with Gasteiger partial charge in [0.25, 0.3) is 0 Å². The summed E-state index contributed by atoms with van der Waals surface area (Å²) in [7, 11) is 0. The van der Waals surface area contributed by atoms with E-state index >= 15 is 0 Å². The van der Waals surface area contributed by atoms with E-state index in [4.69, 9.17) is 5.73 Å². The quantitative estimate of drug-likeness (QED) is 0.918. The van der Waals surface area contributed by atoms with E-state index in [2.05, 4.69) is 15.3 Å². The molecule has 0 aromatic carbocycles. The van der Waals surface area contributed by atoms with Gasteiger partial charge in [-0.1, -0.05) is 20.8 Å². The summed E-state index contributed by atoms with van der Waals surface area (Å²) < 4.78 is 0. The van der Waals surface area contributed by atoms with E-state index in [-0.39, 0.29) is 11.3 Å². The van der Waals surface area contributed by atoms with Crippen LogP contribution in [0.2, 0.25) is 0 Å². The normalized spacial score (nSPS) is 18.8. The Bertz CT molecular complexity index is 486. The van der Waals surface area contributed by atoms with E-state index in [0.29, 0.717) is 0 Å². The molecule has 1 fully saturated rings. The first-order valence-corrected chi connectivity index (χ1v) is 8.33. The van der Waals surface area contributed by atoms with E-state index in [1.165, 1.54) is 0 Å². The Morgan fingerprint density at radius 2 is 2.00 bits per heavy atom. The zero-order valence-corrected chi connectivity index (χ0v) is 14.2. The third-order valence-electron chi connectivity index (χ3n) is 3.94. The SMILES string of the molecule is Cc1nc(CN2CCN(C(=O)[C@H](N)C(C)(C)C)CC2)cs1. The lowest BCUT2D eigenvalue weighted by atomic mass is 9.86. The van der Waals surface area contributed by atoms with Crippen molar-refractivity contribution in [3.8, 4) is 0 Å². The van der Waals surface area contributed by atoms with E-state index < -0.39 is 6.04 Å². The van der Waals surface area contributed by atoms with Crippen molar-refractivity contribution in [3.63, 3.8) is 0 Å². The fourth-order valence-electron chi connectivity index (χ4n) is 2.40. The Morgan fingerprint density at radius 1 is 1.38 bits per heavy atom. The molecule has 6 heteroatoms. The lowest BCUT2D eigenvalue weighted by Crippen LogP contribution is -2.56.